The van der Waals surface area contributed by atoms with Gasteiger partial charge in [-0.1, -0.05) is 91.0 Å². The van der Waals surface area contributed by atoms with Crippen molar-refractivity contribution in [2.45, 2.75) is 11.8 Å². The highest BCUT2D eigenvalue weighted by Crippen LogP contribution is 2.49. The molecule has 32 heavy (non-hydrogen) atoms. The molecule has 5 rings (SSSR count). The SMILES string of the molecule is O=C1[C@H]2[C@H](C(=O)N1CCOc1ccccc1)[C@H](c1ccccc1)C=C[C@@H]2c1ccccc1. The Balaban J connectivity index is 1.44. The molecule has 1 saturated heterocycles. The van der Waals surface area contributed by atoms with E-state index < -0.39 is 11.8 Å². The lowest BCUT2D eigenvalue weighted by Gasteiger charge is -2.32. The average Bonchev–Trinajstić information content (AvgIpc) is 3.11. The zero-order valence-electron chi connectivity index (χ0n) is 17.7. The summed E-state index contributed by atoms with van der Waals surface area (Å²) in [7, 11) is 0. The number of ether oxygens (including phenoxy) is 1. The van der Waals surface area contributed by atoms with Crippen LogP contribution in [0.4, 0.5) is 0 Å². The summed E-state index contributed by atoms with van der Waals surface area (Å²) < 4.78 is 5.78. The molecule has 0 radical (unpaired) electrons. The highest BCUT2D eigenvalue weighted by Gasteiger charge is 2.54. The standard InChI is InChI=1S/C28H25NO3/c30-27-25-23(20-10-4-1-5-11-20)16-17-24(21-12-6-2-7-13-21)26(25)28(31)29(27)18-19-32-22-14-8-3-9-15-22/h1-17,23-26H,18-19H2/t23-,24+,25-,26-/m1/s1. The Kier molecular flexibility index (Phi) is 5.59. The predicted molar refractivity (Wildman–Crippen MR) is 123 cm³/mol. The molecule has 0 unspecified atom stereocenters. The van der Waals surface area contributed by atoms with Gasteiger partial charge in [-0.05, 0) is 23.3 Å². The number of hydrogen-bond acceptors (Lipinski definition) is 3. The molecule has 4 heteroatoms. The van der Waals surface area contributed by atoms with Crippen LogP contribution in [0.1, 0.15) is 23.0 Å². The van der Waals surface area contributed by atoms with Gasteiger partial charge in [0, 0.05) is 11.8 Å². The summed E-state index contributed by atoms with van der Waals surface area (Å²) in [6, 6.07) is 29.5. The first-order valence-electron chi connectivity index (χ1n) is 11.1. The molecule has 1 heterocycles. The third-order valence-electron chi connectivity index (χ3n) is 6.48. The number of fused-ring (bicyclic) bond motifs is 1. The van der Waals surface area contributed by atoms with Crippen molar-refractivity contribution in [3.8, 4) is 5.75 Å². The Morgan fingerprint density at radius 3 is 1.53 bits per heavy atom. The smallest absolute Gasteiger partial charge is 0.234 e. The van der Waals surface area contributed by atoms with Gasteiger partial charge in [0.05, 0.1) is 18.4 Å². The van der Waals surface area contributed by atoms with Crippen molar-refractivity contribution in [1.82, 2.24) is 4.90 Å². The quantitative estimate of drug-likeness (QED) is 0.422. The fourth-order valence-electron chi connectivity index (χ4n) is 4.99. The lowest BCUT2D eigenvalue weighted by Crippen LogP contribution is -2.35. The minimum absolute atomic E-state index is 0.101. The monoisotopic (exact) mass is 423 g/mol. The lowest BCUT2D eigenvalue weighted by atomic mass is 9.68. The Labute approximate surface area is 188 Å². The Morgan fingerprint density at radius 1 is 0.625 bits per heavy atom. The van der Waals surface area contributed by atoms with Crippen molar-refractivity contribution in [1.29, 1.82) is 0 Å². The number of benzene rings is 3. The van der Waals surface area contributed by atoms with Gasteiger partial charge in [-0.2, -0.15) is 0 Å². The molecule has 2 amide bonds. The number of hydrogen-bond donors (Lipinski definition) is 0. The third kappa shape index (κ3) is 3.73. The molecule has 0 aromatic heterocycles. The van der Waals surface area contributed by atoms with Crippen LogP contribution in [0.5, 0.6) is 5.75 Å². The molecule has 4 nitrogen and oxygen atoms in total. The summed E-state index contributed by atoms with van der Waals surface area (Å²) in [6.07, 6.45) is 4.23. The highest BCUT2D eigenvalue weighted by molar-refractivity contribution is 6.06. The van der Waals surface area contributed by atoms with Gasteiger partial charge < -0.3 is 4.74 Å². The van der Waals surface area contributed by atoms with Gasteiger partial charge in [-0.25, -0.2) is 0 Å². The van der Waals surface area contributed by atoms with Crippen LogP contribution in [-0.4, -0.2) is 29.9 Å². The first-order valence-corrected chi connectivity index (χ1v) is 11.1. The number of para-hydroxylation sites is 1. The van der Waals surface area contributed by atoms with Crippen molar-refractivity contribution in [2.75, 3.05) is 13.2 Å². The first-order chi connectivity index (χ1) is 15.7. The van der Waals surface area contributed by atoms with Crippen LogP contribution in [-0.2, 0) is 9.59 Å². The fraction of sp³-hybridized carbons (Fsp3) is 0.214. The van der Waals surface area contributed by atoms with Gasteiger partial charge in [0.1, 0.15) is 12.4 Å². The van der Waals surface area contributed by atoms with Crippen LogP contribution in [0.2, 0.25) is 0 Å². The molecule has 3 aromatic carbocycles. The summed E-state index contributed by atoms with van der Waals surface area (Å²) >= 11 is 0. The maximum Gasteiger partial charge on any atom is 0.234 e. The van der Waals surface area contributed by atoms with E-state index in [-0.39, 0.29) is 36.8 Å². The van der Waals surface area contributed by atoms with E-state index in [1.54, 1.807) is 0 Å². The summed E-state index contributed by atoms with van der Waals surface area (Å²) in [4.78, 5) is 28.6. The number of rotatable bonds is 6. The van der Waals surface area contributed by atoms with Gasteiger partial charge in [0.25, 0.3) is 0 Å². The minimum atomic E-state index is -0.406. The molecule has 0 saturated carbocycles. The van der Waals surface area contributed by atoms with Gasteiger partial charge in [0.15, 0.2) is 0 Å². The zero-order valence-corrected chi connectivity index (χ0v) is 17.7. The topological polar surface area (TPSA) is 46.6 Å². The second-order valence-corrected chi connectivity index (χ2v) is 8.30. The predicted octanol–water partition coefficient (Wildman–Crippen LogP) is 4.80. The second kappa shape index (κ2) is 8.83. The number of nitrogens with zero attached hydrogens (tertiary/aromatic N) is 1. The molecule has 0 N–H and O–H groups in total. The van der Waals surface area contributed by atoms with Crippen molar-refractivity contribution < 1.29 is 14.3 Å². The summed E-state index contributed by atoms with van der Waals surface area (Å²) in [6.45, 7) is 0.531. The number of carbonyl (C=O) groups excluding carboxylic acids is 2. The van der Waals surface area contributed by atoms with Crippen molar-refractivity contribution in [3.05, 3.63) is 114 Å². The molecule has 1 aliphatic heterocycles. The second-order valence-electron chi connectivity index (χ2n) is 8.30. The van der Waals surface area contributed by atoms with E-state index in [1.807, 2.05) is 91.0 Å². The van der Waals surface area contributed by atoms with Gasteiger partial charge in [0.2, 0.25) is 11.8 Å². The largest absolute Gasteiger partial charge is 0.492 e. The van der Waals surface area contributed by atoms with E-state index >= 15 is 0 Å². The normalized spacial score (nSPS) is 24.4. The van der Waals surface area contributed by atoms with E-state index in [9.17, 15) is 9.59 Å². The van der Waals surface area contributed by atoms with Gasteiger partial charge in [-0.3, -0.25) is 14.5 Å². The molecule has 2 aliphatic rings. The van der Waals surface area contributed by atoms with E-state index in [1.165, 1.54) is 4.90 Å². The number of likely N-dealkylation sites (tertiary alicyclic amines) is 1. The lowest BCUT2D eigenvalue weighted by molar-refractivity contribution is -0.140. The maximum absolute atomic E-state index is 13.6. The molecule has 3 aromatic rings. The summed E-state index contributed by atoms with van der Waals surface area (Å²) in [5.41, 5.74) is 2.13. The Bertz CT molecular complexity index is 1040. The first kappa shape index (κ1) is 20.3. The minimum Gasteiger partial charge on any atom is -0.492 e. The summed E-state index contributed by atoms with van der Waals surface area (Å²) in [5.74, 6) is -0.509. The van der Waals surface area contributed by atoms with E-state index in [2.05, 4.69) is 12.2 Å². The molecular formula is C28H25NO3. The van der Waals surface area contributed by atoms with E-state index in [0.717, 1.165) is 16.9 Å². The number of carbonyl (C=O) groups is 2. The molecule has 1 fully saturated rings. The van der Waals surface area contributed by atoms with Crippen molar-refractivity contribution >= 4 is 11.8 Å². The number of imide groups is 1. The Hall–Kier alpha value is -3.66. The van der Waals surface area contributed by atoms with Crippen LogP contribution < -0.4 is 4.74 Å². The molecular weight excluding hydrogens is 398 g/mol. The Morgan fingerprint density at radius 2 is 1.06 bits per heavy atom. The maximum atomic E-state index is 13.6. The average molecular weight is 424 g/mol. The molecule has 0 bridgehead atoms. The van der Waals surface area contributed by atoms with Gasteiger partial charge >= 0.3 is 0 Å². The zero-order chi connectivity index (χ0) is 21.9. The van der Waals surface area contributed by atoms with E-state index in [4.69, 9.17) is 4.74 Å². The fourth-order valence-corrected chi connectivity index (χ4v) is 4.99. The molecule has 4 atom stereocenters. The third-order valence-corrected chi connectivity index (χ3v) is 6.48. The van der Waals surface area contributed by atoms with Gasteiger partial charge in [-0.15, -0.1) is 0 Å². The number of amides is 2. The van der Waals surface area contributed by atoms with Crippen LogP contribution in [0.15, 0.2) is 103 Å². The summed E-state index contributed by atoms with van der Waals surface area (Å²) in [5, 5.41) is 0. The van der Waals surface area contributed by atoms with Crippen LogP contribution in [0, 0.1) is 11.8 Å². The van der Waals surface area contributed by atoms with Crippen molar-refractivity contribution in [2.24, 2.45) is 11.8 Å². The number of allylic oxidation sites excluding steroid dienone is 2. The molecule has 0 spiro atoms. The van der Waals surface area contributed by atoms with Crippen LogP contribution in [0.25, 0.3) is 0 Å². The molecule has 160 valence electrons. The van der Waals surface area contributed by atoms with E-state index in [0.29, 0.717) is 0 Å². The molecule has 1 aliphatic carbocycles. The van der Waals surface area contributed by atoms with Crippen molar-refractivity contribution in [3.63, 3.8) is 0 Å². The van der Waals surface area contributed by atoms with Crippen LogP contribution in [0.3, 0.4) is 0 Å². The van der Waals surface area contributed by atoms with Crippen LogP contribution >= 0.6 is 0 Å². The highest BCUT2D eigenvalue weighted by atomic mass is 16.5.